The summed E-state index contributed by atoms with van der Waals surface area (Å²) >= 11 is 0. The Morgan fingerprint density at radius 2 is 1.67 bits per heavy atom. The Hall–Kier alpha value is -3.48. The molecule has 0 atom stereocenters. The molecule has 7 nitrogen and oxygen atoms in total. The maximum Gasteiger partial charge on any atom is 0.322 e. The molecule has 0 unspecified atom stereocenters. The maximum atomic E-state index is 12.4. The lowest BCUT2D eigenvalue weighted by atomic mass is 9.96. The lowest BCUT2D eigenvalue weighted by Gasteiger charge is -2.14. The largest absolute Gasteiger partial charge is 0.455 e. The Morgan fingerprint density at radius 3 is 2.33 bits per heavy atom. The average molecular weight is 363 g/mol. The van der Waals surface area contributed by atoms with E-state index in [9.17, 15) is 9.59 Å². The van der Waals surface area contributed by atoms with Crippen LogP contribution in [0.4, 0.5) is 6.01 Å². The van der Waals surface area contributed by atoms with Crippen LogP contribution in [0.15, 0.2) is 65.1 Å². The van der Waals surface area contributed by atoms with Gasteiger partial charge in [0.25, 0.3) is 5.91 Å². The zero-order valence-electron chi connectivity index (χ0n) is 14.4. The summed E-state index contributed by atoms with van der Waals surface area (Å²) < 4.78 is 10.6. The van der Waals surface area contributed by atoms with Gasteiger partial charge in [-0.2, -0.15) is 0 Å². The number of nitrogens with one attached hydrogen (secondary N) is 1. The molecule has 0 bridgehead atoms. The van der Waals surface area contributed by atoms with E-state index in [0.29, 0.717) is 5.89 Å². The van der Waals surface area contributed by atoms with E-state index in [0.717, 1.165) is 24.0 Å². The molecule has 0 spiro atoms. The zero-order chi connectivity index (χ0) is 18.7. The normalized spacial score (nSPS) is 14.4. The number of amides is 1. The molecule has 1 heterocycles. The molecule has 3 aromatic rings. The Kier molecular flexibility index (Phi) is 4.42. The van der Waals surface area contributed by atoms with Crippen LogP contribution in [-0.4, -0.2) is 28.7 Å². The first-order chi connectivity index (χ1) is 13.2. The summed E-state index contributed by atoms with van der Waals surface area (Å²) in [6.45, 7) is -0.406. The Bertz CT molecular complexity index is 950. The summed E-state index contributed by atoms with van der Waals surface area (Å²) in [5.41, 5.74) is 1.04. The number of esters is 1. The molecule has 2 aromatic carbocycles. The number of hydrogen-bond acceptors (Lipinski definition) is 6. The standard InChI is InChI=1S/C20H17N3O4/c24-16(21-19-23-22-17(27-19)14-7-3-1-4-8-14)13-26-18(25)20(11-12-20)15-9-5-2-6-10-15/h1-10H,11-13H2,(H,21,23,24). The van der Waals surface area contributed by atoms with Gasteiger partial charge in [-0.15, -0.1) is 5.10 Å². The van der Waals surface area contributed by atoms with Crippen molar-refractivity contribution in [2.75, 3.05) is 11.9 Å². The highest BCUT2D eigenvalue weighted by atomic mass is 16.5. The number of aromatic nitrogens is 2. The van der Waals surface area contributed by atoms with E-state index in [1.54, 1.807) is 0 Å². The maximum absolute atomic E-state index is 12.4. The quantitative estimate of drug-likeness (QED) is 0.677. The van der Waals surface area contributed by atoms with Gasteiger partial charge in [0.2, 0.25) is 5.89 Å². The highest BCUT2D eigenvalue weighted by Crippen LogP contribution is 2.49. The molecule has 0 radical (unpaired) electrons. The number of rotatable bonds is 6. The van der Waals surface area contributed by atoms with Crippen molar-refractivity contribution in [2.45, 2.75) is 18.3 Å². The lowest BCUT2D eigenvalue weighted by molar-refractivity contribution is -0.150. The van der Waals surface area contributed by atoms with Gasteiger partial charge in [0, 0.05) is 5.56 Å². The molecule has 1 amide bonds. The summed E-state index contributed by atoms with van der Waals surface area (Å²) in [5.74, 6) is -0.626. The number of anilines is 1. The van der Waals surface area contributed by atoms with Crippen LogP contribution in [0.5, 0.6) is 0 Å². The third kappa shape index (κ3) is 3.57. The summed E-state index contributed by atoms with van der Waals surface area (Å²) in [6, 6.07) is 18.6. The van der Waals surface area contributed by atoms with Gasteiger partial charge in [-0.05, 0) is 30.5 Å². The first kappa shape index (κ1) is 17.0. The van der Waals surface area contributed by atoms with Crippen molar-refractivity contribution >= 4 is 17.9 Å². The second-order valence-corrected chi connectivity index (χ2v) is 6.35. The molecule has 4 rings (SSSR count). The minimum Gasteiger partial charge on any atom is -0.455 e. The minimum atomic E-state index is -0.619. The van der Waals surface area contributed by atoms with E-state index in [4.69, 9.17) is 9.15 Å². The van der Waals surface area contributed by atoms with E-state index in [1.807, 2.05) is 60.7 Å². The van der Waals surface area contributed by atoms with Crippen LogP contribution >= 0.6 is 0 Å². The molecule has 1 aromatic heterocycles. The number of ether oxygens (including phenoxy) is 1. The van der Waals surface area contributed by atoms with Gasteiger partial charge in [-0.1, -0.05) is 53.6 Å². The molecule has 1 aliphatic rings. The first-order valence-electron chi connectivity index (χ1n) is 8.59. The van der Waals surface area contributed by atoms with Crippen LogP contribution in [-0.2, 0) is 19.7 Å². The van der Waals surface area contributed by atoms with Crippen molar-refractivity contribution in [3.8, 4) is 11.5 Å². The topological polar surface area (TPSA) is 94.3 Å². The molecule has 1 aliphatic carbocycles. The van der Waals surface area contributed by atoms with E-state index < -0.39 is 17.9 Å². The van der Waals surface area contributed by atoms with Crippen molar-refractivity contribution in [3.63, 3.8) is 0 Å². The fourth-order valence-corrected chi connectivity index (χ4v) is 2.89. The molecule has 1 fully saturated rings. The van der Waals surface area contributed by atoms with Crippen LogP contribution in [0, 0.1) is 0 Å². The van der Waals surface area contributed by atoms with Crippen LogP contribution in [0.25, 0.3) is 11.5 Å². The summed E-state index contributed by atoms with van der Waals surface area (Å²) in [6.07, 6.45) is 1.45. The first-order valence-corrected chi connectivity index (χ1v) is 8.59. The second kappa shape index (κ2) is 7.03. The molecule has 0 aliphatic heterocycles. The predicted octanol–water partition coefficient (Wildman–Crippen LogP) is 2.95. The smallest absolute Gasteiger partial charge is 0.322 e. The summed E-state index contributed by atoms with van der Waals surface area (Å²) in [4.78, 5) is 24.5. The van der Waals surface area contributed by atoms with Gasteiger partial charge in [-0.25, -0.2) is 0 Å². The van der Waals surface area contributed by atoms with Crippen molar-refractivity contribution in [2.24, 2.45) is 0 Å². The molecule has 0 saturated heterocycles. The zero-order valence-corrected chi connectivity index (χ0v) is 14.4. The number of hydrogen-bond donors (Lipinski definition) is 1. The van der Waals surface area contributed by atoms with Gasteiger partial charge in [0.05, 0.1) is 5.41 Å². The van der Waals surface area contributed by atoms with Gasteiger partial charge in [-0.3, -0.25) is 14.9 Å². The van der Waals surface area contributed by atoms with Crippen LogP contribution in [0.1, 0.15) is 18.4 Å². The predicted molar refractivity (Wildman–Crippen MR) is 96.7 cm³/mol. The SMILES string of the molecule is O=C(COC(=O)C1(c2ccccc2)CC1)Nc1nnc(-c2ccccc2)o1. The number of carbonyl (C=O) groups excluding carboxylic acids is 2. The van der Waals surface area contributed by atoms with Gasteiger partial charge in [0.15, 0.2) is 6.61 Å². The van der Waals surface area contributed by atoms with Gasteiger partial charge >= 0.3 is 12.0 Å². The Balaban J connectivity index is 1.33. The molecular formula is C20H17N3O4. The Morgan fingerprint density at radius 1 is 1.00 bits per heavy atom. The van der Waals surface area contributed by atoms with E-state index in [2.05, 4.69) is 15.5 Å². The lowest BCUT2D eigenvalue weighted by Crippen LogP contribution is -2.28. The monoisotopic (exact) mass is 363 g/mol. The van der Waals surface area contributed by atoms with Gasteiger partial charge < -0.3 is 9.15 Å². The number of nitrogens with zero attached hydrogens (tertiary/aromatic N) is 2. The van der Waals surface area contributed by atoms with E-state index >= 15 is 0 Å². The van der Waals surface area contributed by atoms with Crippen LogP contribution in [0.2, 0.25) is 0 Å². The Labute approximate surface area is 155 Å². The van der Waals surface area contributed by atoms with E-state index in [1.165, 1.54) is 0 Å². The summed E-state index contributed by atoms with van der Waals surface area (Å²) in [5, 5.41) is 10.1. The molecule has 7 heteroatoms. The fraction of sp³-hybridized carbons (Fsp3) is 0.200. The van der Waals surface area contributed by atoms with E-state index in [-0.39, 0.29) is 12.0 Å². The van der Waals surface area contributed by atoms with Crippen LogP contribution in [0.3, 0.4) is 0 Å². The number of benzene rings is 2. The second-order valence-electron chi connectivity index (χ2n) is 6.35. The van der Waals surface area contributed by atoms with Crippen molar-refractivity contribution in [1.82, 2.24) is 10.2 Å². The minimum absolute atomic E-state index is 0.0425. The third-order valence-corrected chi connectivity index (χ3v) is 4.49. The highest BCUT2D eigenvalue weighted by molar-refractivity contribution is 5.93. The van der Waals surface area contributed by atoms with Crippen molar-refractivity contribution in [3.05, 3.63) is 66.2 Å². The molecule has 1 saturated carbocycles. The highest BCUT2D eigenvalue weighted by Gasteiger charge is 2.52. The molecular weight excluding hydrogens is 346 g/mol. The summed E-state index contributed by atoms with van der Waals surface area (Å²) in [7, 11) is 0. The average Bonchev–Trinajstić information content (AvgIpc) is 3.41. The molecule has 27 heavy (non-hydrogen) atoms. The number of carbonyl (C=O) groups is 2. The van der Waals surface area contributed by atoms with Crippen molar-refractivity contribution in [1.29, 1.82) is 0 Å². The van der Waals surface area contributed by atoms with Crippen molar-refractivity contribution < 1.29 is 18.7 Å². The van der Waals surface area contributed by atoms with Crippen LogP contribution < -0.4 is 5.32 Å². The molecule has 136 valence electrons. The third-order valence-electron chi connectivity index (χ3n) is 4.49. The van der Waals surface area contributed by atoms with Gasteiger partial charge in [0.1, 0.15) is 0 Å². The fourth-order valence-electron chi connectivity index (χ4n) is 2.89. The molecule has 1 N–H and O–H groups in total.